The second-order valence-corrected chi connectivity index (χ2v) is 10.2. The molecule has 1 saturated carbocycles. The van der Waals surface area contributed by atoms with Crippen LogP contribution >= 0.6 is 11.3 Å². The van der Waals surface area contributed by atoms with E-state index >= 15 is 0 Å². The zero-order valence-electron chi connectivity index (χ0n) is 22.3. The summed E-state index contributed by atoms with van der Waals surface area (Å²) in [6.07, 6.45) is 3.17. The van der Waals surface area contributed by atoms with E-state index in [1.54, 1.807) is 20.1 Å². The van der Waals surface area contributed by atoms with Gasteiger partial charge in [0.2, 0.25) is 0 Å². The number of aryl methyl sites for hydroxylation is 1. The summed E-state index contributed by atoms with van der Waals surface area (Å²) < 4.78 is 11.0. The Morgan fingerprint density at radius 3 is 2.55 bits per heavy atom. The topological polar surface area (TPSA) is 109 Å². The average molecular weight is 533 g/mol. The molecule has 38 heavy (non-hydrogen) atoms. The van der Waals surface area contributed by atoms with E-state index in [1.165, 1.54) is 6.92 Å². The molecule has 2 aromatic carbocycles. The normalized spacial score (nSPS) is 15.4. The van der Waals surface area contributed by atoms with Gasteiger partial charge in [0.05, 0.1) is 24.3 Å². The molecule has 0 spiro atoms. The number of benzene rings is 2. The number of carboxylic acid groups (broad SMARTS) is 1. The number of hydrogen-bond donors (Lipinski definition) is 1. The van der Waals surface area contributed by atoms with Crippen molar-refractivity contribution in [3.63, 3.8) is 0 Å². The predicted octanol–water partition coefficient (Wildman–Crippen LogP) is 7.30. The molecular weight excluding hydrogens is 500 g/mol. The number of carbonyl (C=O) groups excluding carboxylic acids is 1. The largest absolute Gasteiger partial charge is 0.493 e. The number of aliphatic imine (C=N–C) groups is 1. The summed E-state index contributed by atoms with van der Waals surface area (Å²) in [7, 11) is 1.62. The molecular formula is C30H32N2O5S. The molecule has 1 aliphatic rings. The maximum absolute atomic E-state index is 11.7. The maximum atomic E-state index is 11.7. The van der Waals surface area contributed by atoms with Crippen LogP contribution in [0.2, 0.25) is 0 Å². The number of methoxy groups -OCH3 is 1. The van der Waals surface area contributed by atoms with Crippen molar-refractivity contribution in [2.24, 2.45) is 10.9 Å². The fourth-order valence-corrected chi connectivity index (χ4v) is 5.38. The molecule has 1 atom stereocenters. The minimum absolute atomic E-state index is 0.119. The molecule has 3 aromatic rings. The van der Waals surface area contributed by atoms with E-state index in [0.717, 1.165) is 53.2 Å². The summed E-state index contributed by atoms with van der Waals surface area (Å²) in [5.41, 5.74) is 4.80. The summed E-state index contributed by atoms with van der Waals surface area (Å²) in [4.78, 5) is 27.7. The predicted molar refractivity (Wildman–Crippen MR) is 149 cm³/mol. The van der Waals surface area contributed by atoms with Gasteiger partial charge >= 0.3 is 5.97 Å². The second-order valence-electron chi connectivity index (χ2n) is 9.25. The van der Waals surface area contributed by atoms with Crippen molar-refractivity contribution in [1.82, 2.24) is 0 Å². The minimum atomic E-state index is -0.990. The van der Waals surface area contributed by atoms with Crippen LogP contribution < -0.4 is 9.47 Å². The van der Waals surface area contributed by atoms with Crippen LogP contribution in [0, 0.1) is 31.1 Å². The lowest BCUT2D eigenvalue weighted by Gasteiger charge is -2.11. The van der Waals surface area contributed by atoms with Crippen LogP contribution in [0.25, 0.3) is 0 Å². The molecule has 1 aliphatic carbocycles. The Bertz CT molecular complexity index is 1400. The van der Waals surface area contributed by atoms with Crippen molar-refractivity contribution in [2.45, 2.75) is 53.6 Å². The van der Waals surface area contributed by atoms with E-state index in [2.05, 4.69) is 18.0 Å². The molecule has 1 aromatic heterocycles. The number of thiophene rings is 1. The van der Waals surface area contributed by atoms with Gasteiger partial charge in [-0.05, 0) is 86.9 Å². The third kappa shape index (κ3) is 7.08. The third-order valence-electron chi connectivity index (χ3n) is 6.33. The first-order chi connectivity index (χ1) is 18.1. The first-order valence-corrected chi connectivity index (χ1v) is 13.2. The lowest BCUT2D eigenvalue weighted by Crippen LogP contribution is -2.01. The quantitative estimate of drug-likeness (QED) is 0.320. The summed E-state index contributed by atoms with van der Waals surface area (Å²) in [5.74, 6) is 0.740. The van der Waals surface area contributed by atoms with Crippen LogP contribution in [0.15, 0.2) is 47.5 Å². The number of rotatable bonds is 7. The Hall–Kier alpha value is -3.96. The van der Waals surface area contributed by atoms with E-state index in [9.17, 15) is 9.59 Å². The zero-order chi connectivity index (χ0) is 27.8. The lowest BCUT2D eigenvalue weighted by molar-refractivity contribution is 0.0701. The van der Waals surface area contributed by atoms with E-state index in [0.29, 0.717) is 40.0 Å². The van der Waals surface area contributed by atoms with Gasteiger partial charge in [0, 0.05) is 5.71 Å². The molecule has 1 N–H and O–H groups in total. The van der Waals surface area contributed by atoms with Crippen LogP contribution in [0.4, 0.5) is 5.00 Å². The number of nitriles is 1. The number of ketones is 1. The van der Waals surface area contributed by atoms with Crippen LogP contribution in [0.5, 0.6) is 11.5 Å². The number of hydrogen-bond acceptors (Lipinski definition) is 7. The Morgan fingerprint density at radius 1 is 1.18 bits per heavy atom. The smallest absolute Gasteiger partial charge is 0.346 e. The van der Waals surface area contributed by atoms with Gasteiger partial charge in [0.1, 0.15) is 16.5 Å². The number of carboxylic acids is 1. The van der Waals surface area contributed by atoms with Gasteiger partial charge in [-0.1, -0.05) is 25.1 Å². The Balaban J connectivity index is 0.000000211. The second kappa shape index (κ2) is 13.0. The van der Waals surface area contributed by atoms with Crippen LogP contribution in [-0.2, 0) is 6.61 Å². The Morgan fingerprint density at radius 2 is 1.95 bits per heavy atom. The monoisotopic (exact) mass is 532 g/mol. The first-order valence-electron chi connectivity index (χ1n) is 12.4. The lowest BCUT2D eigenvalue weighted by atomic mass is 10.1. The van der Waals surface area contributed by atoms with Crippen molar-refractivity contribution in [1.29, 1.82) is 5.26 Å². The van der Waals surface area contributed by atoms with Crippen molar-refractivity contribution in [3.8, 4) is 17.6 Å². The van der Waals surface area contributed by atoms with Crippen molar-refractivity contribution < 1.29 is 24.2 Å². The molecule has 0 bridgehead atoms. The van der Waals surface area contributed by atoms with Gasteiger partial charge in [-0.15, -0.1) is 11.3 Å². The summed E-state index contributed by atoms with van der Waals surface area (Å²) in [6, 6.07) is 15.3. The van der Waals surface area contributed by atoms with Gasteiger partial charge in [-0.3, -0.25) is 4.79 Å². The number of aromatic carboxylic acids is 1. The fourth-order valence-electron chi connectivity index (χ4n) is 4.28. The highest BCUT2D eigenvalue weighted by atomic mass is 32.1. The van der Waals surface area contributed by atoms with E-state index < -0.39 is 5.97 Å². The third-order valence-corrected chi connectivity index (χ3v) is 7.50. The van der Waals surface area contributed by atoms with Gasteiger partial charge in [-0.2, -0.15) is 5.26 Å². The van der Waals surface area contributed by atoms with Crippen LogP contribution in [0.3, 0.4) is 0 Å². The molecule has 1 unspecified atom stereocenters. The zero-order valence-corrected chi connectivity index (χ0v) is 23.1. The highest BCUT2D eigenvalue weighted by molar-refractivity contribution is 7.18. The number of nitrogens with zero attached hydrogens (tertiary/aromatic N) is 2. The van der Waals surface area contributed by atoms with Crippen molar-refractivity contribution >= 4 is 33.8 Å². The van der Waals surface area contributed by atoms with Gasteiger partial charge in [0.15, 0.2) is 17.3 Å². The van der Waals surface area contributed by atoms with Crippen molar-refractivity contribution in [2.75, 3.05) is 7.11 Å². The molecule has 0 saturated heterocycles. The summed E-state index contributed by atoms with van der Waals surface area (Å²) >= 11 is 1.10. The molecule has 8 heteroatoms. The summed E-state index contributed by atoms with van der Waals surface area (Å²) in [6.45, 7) is 7.68. The van der Waals surface area contributed by atoms with Gasteiger partial charge in [0.25, 0.3) is 0 Å². The van der Waals surface area contributed by atoms with Crippen LogP contribution in [-0.4, -0.2) is 29.7 Å². The first kappa shape index (κ1) is 28.6. The SMILES string of the molecule is CC(=O)c1c(/N=C2\CCCC2C)sc(C(=O)O)c1C.COc1cc(C)ccc1OCc1cccc(C#N)c1. The highest BCUT2D eigenvalue weighted by Crippen LogP contribution is 2.37. The molecule has 0 amide bonds. The maximum Gasteiger partial charge on any atom is 0.346 e. The van der Waals surface area contributed by atoms with E-state index in [4.69, 9.17) is 19.8 Å². The molecule has 1 heterocycles. The van der Waals surface area contributed by atoms with E-state index in [1.807, 2.05) is 43.3 Å². The number of carbonyl (C=O) groups is 2. The molecule has 198 valence electrons. The van der Waals surface area contributed by atoms with E-state index in [-0.39, 0.29) is 10.7 Å². The highest BCUT2D eigenvalue weighted by Gasteiger charge is 2.24. The molecule has 0 radical (unpaired) electrons. The number of ether oxygens (including phenoxy) is 2. The Labute approximate surface area is 227 Å². The molecule has 1 fully saturated rings. The number of Topliss-reactive ketones (excluding diaryl/α,β-unsaturated/α-hetero) is 1. The summed E-state index contributed by atoms with van der Waals surface area (Å²) in [5, 5.41) is 18.6. The fraction of sp³-hybridized carbons (Fsp3) is 0.333. The molecule has 7 nitrogen and oxygen atoms in total. The molecule has 4 rings (SSSR count). The van der Waals surface area contributed by atoms with Crippen LogP contribution in [0.1, 0.15) is 75.4 Å². The Kier molecular flexibility index (Phi) is 9.80. The molecule has 0 aliphatic heterocycles. The standard InChI is InChI=1S/C16H15NO2.C14H17NO3S/c1-12-6-7-15(16(8-12)18-2)19-11-14-5-3-4-13(9-14)10-17;1-7-5-4-6-10(7)15-13-11(9(3)16)8(2)12(19-13)14(17)18/h3-9H,11H2,1-2H3;7H,4-6H2,1-3H3,(H,17,18)/b;15-10+. The van der Waals surface area contributed by atoms with Crippen molar-refractivity contribution in [3.05, 3.63) is 75.2 Å². The van der Waals surface area contributed by atoms with Gasteiger partial charge in [-0.25, -0.2) is 9.79 Å². The minimum Gasteiger partial charge on any atom is -0.493 e. The van der Waals surface area contributed by atoms with Gasteiger partial charge < -0.3 is 14.6 Å². The average Bonchev–Trinajstić information content (AvgIpc) is 3.45.